The predicted octanol–water partition coefficient (Wildman–Crippen LogP) is 3.09. The number of aliphatic hydroxyl groups is 1. The van der Waals surface area contributed by atoms with Gasteiger partial charge in [0.15, 0.2) is 0 Å². The number of ether oxygens (including phenoxy) is 2. The molecule has 0 aliphatic rings. The molecule has 0 aromatic heterocycles. The van der Waals surface area contributed by atoms with Gasteiger partial charge in [0, 0.05) is 12.2 Å². The van der Waals surface area contributed by atoms with Crippen LogP contribution in [-0.2, 0) is 11.8 Å². The molecule has 0 saturated carbocycles. The Bertz CT molecular complexity index is 693. The lowest BCUT2D eigenvalue weighted by molar-refractivity contribution is 0.255. The number of para-hydroxylation sites is 1. The van der Waals surface area contributed by atoms with Crippen molar-refractivity contribution in [2.24, 2.45) is 0 Å². The Kier molecular flexibility index (Phi) is 5.61. The summed E-state index contributed by atoms with van der Waals surface area (Å²) in [7, 11) is 3.20. The van der Waals surface area contributed by atoms with Crippen LogP contribution in [0.3, 0.4) is 0 Å². The molecule has 0 heterocycles. The quantitative estimate of drug-likeness (QED) is 0.853. The molecule has 1 atom stereocenters. The summed E-state index contributed by atoms with van der Waals surface area (Å²) >= 11 is 0. The van der Waals surface area contributed by atoms with Gasteiger partial charge in [0.05, 0.1) is 25.7 Å². The van der Waals surface area contributed by atoms with Gasteiger partial charge in [0.25, 0.3) is 0 Å². The molecule has 1 unspecified atom stereocenters. The normalized spacial score (nSPS) is 13.0. The zero-order valence-electron chi connectivity index (χ0n) is 13.5. The third kappa shape index (κ3) is 3.64. The van der Waals surface area contributed by atoms with Crippen molar-refractivity contribution in [1.82, 2.24) is 0 Å². The molecule has 120 valence electrons. The molecule has 0 bridgehead atoms. The fourth-order valence-corrected chi connectivity index (χ4v) is 2.84. The van der Waals surface area contributed by atoms with E-state index < -0.39 is 5.41 Å². The number of hydrogen-bond acceptors (Lipinski definition) is 4. The van der Waals surface area contributed by atoms with Crippen LogP contribution in [0.2, 0.25) is 0 Å². The highest BCUT2D eigenvalue weighted by molar-refractivity contribution is 5.46. The van der Waals surface area contributed by atoms with Crippen LogP contribution in [-0.4, -0.2) is 25.9 Å². The zero-order chi connectivity index (χ0) is 16.7. The van der Waals surface area contributed by atoms with E-state index >= 15 is 0 Å². The molecule has 0 radical (unpaired) electrons. The summed E-state index contributed by atoms with van der Waals surface area (Å²) in [5, 5.41) is 19.4. The van der Waals surface area contributed by atoms with E-state index in [0.29, 0.717) is 18.6 Å². The monoisotopic (exact) mass is 311 g/mol. The van der Waals surface area contributed by atoms with Crippen molar-refractivity contribution in [2.45, 2.75) is 18.3 Å². The lowest BCUT2D eigenvalue weighted by Crippen LogP contribution is -2.29. The van der Waals surface area contributed by atoms with Gasteiger partial charge in [-0.1, -0.05) is 30.3 Å². The van der Waals surface area contributed by atoms with Gasteiger partial charge in [0.2, 0.25) is 0 Å². The van der Waals surface area contributed by atoms with Crippen LogP contribution in [0.4, 0.5) is 0 Å². The van der Waals surface area contributed by atoms with E-state index in [1.807, 2.05) is 48.5 Å². The summed E-state index contributed by atoms with van der Waals surface area (Å²) in [4.78, 5) is 0. The van der Waals surface area contributed by atoms with E-state index in [1.165, 1.54) is 0 Å². The molecule has 0 aliphatic heterocycles. The minimum atomic E-state index is -0.853. The average Bonchev–Trinajstić information content (AvgIpc) is 2.61. The van der Waals surface area contributed by atoms with Crippen molar-refractivity contribution >= 4 is 0 Å². The van der Waals surface area contributed by atoms with Crippen molar-refractivity contribution in [3.8, 4) is 17.6 Å². The number of hydrogen-bond donors (Lipinski definition) is 1. The predicted molar refractivity (Wildman–Crippen MR) is 88.7 cm³/mol. The molecule has 0 fully saturated rings. The van der Waals surface area contributed by atoms with Crippen LogP contribution < -0.4 is 9.47 Å². The largest absolute Gasteiger partial charge is 0.497 e. The fourth-order valence-electron chi connectivity index (χ4n) is 2.84. The second-order valence-corrected chi connectivity index (χ2v) is 5.40. The highest BCUT2D eigenvalue weighted by Gasteiger charge is 2.35. The first kappa shape index (κ1) is 16.9. The Morgan fingerprint density at radius 1 is 1.09 bits per heavy atom. The average molecular weight is 311 g/mol. The van der Waals surface area contributed by atoms with Gasteiger partial charge in [-0.2, -0.15) is 5.26 Å². The molecule has 2 rings (SSSR count). The van der Waals surface area contributed by atoms with Gasteiger partial charge in [-0.15, -0.1) is 0 Å². The minimum Gasteiger partial charge on any atom is -0.497 e. The van der Waals surface area contributed by atoms with Gasteiger partial charge in [-0.3, -0.25) is 0 Å². The summed E-state index contributed by atoms with van der Waals surface area (Å²) in [5.41, 5.74) is 0.917. The number of nitrogens with zero attached hydrogens (tertiary/aromatic N) is 1. The standard InChI is InChI=1S/C19H21NO3/c1-22-16-7-5-6-15(12-16)13-19(14-20,10-11-21)17-8-3-4-9-18(17)23-2/h3-9,12,21H,10-11,13H2,1-2H3. The van der Waals surface area contributed by atoms with Gasteiger partial charge < -0.3 is 14.6 Å². The molecule has 23 heavy (non-hydrogen) atoms. The minimum absolute atomic E-state index is 0.0738. The van der Waals surface area contributed by atoms with Crippen molar-refractivity contribution in [2.75, 3.05) is 20.8 Å². The Morgan fingerprint density at radius 2 is 1.87 bits per heavy atom. The lowest BCUT2D eigenvalue weighted by Gasteiger charge is -2.28. The molecule has 4 heteroatoms. The molecule has 0 saturated heterocycles. The Balaban J connectivity index is 2.49. The molecule has 0 aliphatic carbocycles. The Labute approximate surface area is 136 Å². The fraction of sp³-hybridized carbons (Fsp3) is 0.316. The van der Waals surface area contributed by atoms with Crippen LogP contribution in [0.5, 0.6) is 11.5 Å². The van der Waals surface area contributed by atoms with E-state index in [-0.39, 0.29) is 6.61 Å². The van der Waals surface area contributed by atoms with Gasteiger partial charge in [-0.25, -0.2) is 0 Å². The van der Waals surface area contributed by atoms with Gasteiger partial charge in [0.1, 0.15) is 11.5 Å². The Morgan fingerprint density at radius 3 is 2.52 bits per heavy atom. The third-order valence-electron chi connectivity index (χ3n) is 4.02. The number of methoxy groups -OCH3 is 2. The first-order valence-corrected chi connectivity index (χ1v) is 7.47. The molecular weight excluding hydrogens is 290 g/mol. The molecule has 2 aromatic carbocycles. The lowest BCUT2D eigenvalue weighted by atomic mass is 9.74. The van der Waals surface area contributed by atoms with E-state index in [0.717, 1.165) is 16.9 Å². The maximum atomic E-state index is 9.92. The van der Waals surface area contributed by atoms with E-state index in [9.17, 15) is 10.4 Å². The zero-order valence-corrected chi connectivity index (χ0v) is 13.5. The summed E-state index contributed by atoms with van der Waals surface area (Å²) in [6, 6.07) is 17.5. The number of nitriles is 1. The maximum absolute atomic E-state index is 9.92. The molecule has 2 aromatic rings. The first-order chi connectivity index (χ1) is 11.2. The van der Waals surface area contributed by atoms with Crippen molar-refractivity contribution in [3.05, 3.63) is 59.7 Å². The van der Waals surface area contributed by atoms with Crippen LogP contribution >= 0.6 is 0 Å². The third-order valence-corrected chi connectivity index (χ3v) is 4.02. The van der Waals surface area contributed by atoms with Crippen molar-refractivity contribution in [1.29, 1.82) is 5.26 Å². The Hall–Kier alpha value is -2.51. The highest BCUT2D eigenvalue weighted by Crippen LogP contribution is 2.37. The summed E-state index contributed by atoms with van der Waals surface area (Å²) < 4.78 is 10.7. The smallest absolute Gasteiger partial charge is 0.123 e. The van der Waals surface area contributed by atoms with Crippen LogP contribution in [0.25, 0.3) is 0 Å². The molecular formula is C19H21NO3. The van der Waals surface area contributed by atoms with Gasteiger partial charge >= 0.3 is 0 Å². The SMILES string of the molecule is COc1cccc(CC(C#N)(CCO)c2ccccc2OC)c1. The topological polar surface area (TPSA) is 62.5 Å². The first-order valence-electron chi connectivity index (χ1n) is 7.47. The van der Waals surface area contributed by atoms with E-state index in [1.54, 1.807) is 14.2 Å². The van der Waals surface area contributed by atoms with Crippen LogP contribution in [0.15, 0.2) is 48.5 Å². The second-order valence-electron chi connectivity index (χ2n) is 5.40. The van der Waals surface area contributed by atoms with E-state index in [4.69, 9.17) is 9.47 Å². The number of benzene rings is 2. The molecule has 4 nitrogen and oxygen atoms in total. The maximum Gasteiger partial charge on any atom is 0.123 e. The molecule has 0 amide bonds. The van der Waals surface area contributed by atoms with Crippen molar-refractivity contribution < 1.29 is 14.6 Å². The van der Waals surface area contributed by atoms with Gasteiger partial charge in [-0.05, 0) is 36.6 Å². The van der Waals surface area contributed by atoms with Crippen molar-refractivity contribution in [3.63, 3.8) is 0 Å². The number of rotatable bonds is 7. The number of aliphatic hydroxyl groups excluding tert-OH is 1. The summed E-state index contributed by atoms with van der Waals surface area (Å²) in [6.45, 7) is -0.0738. The second kappa shape index (κ2) is 7.66. The van der Waals surface area contributed by atoms with E-state index in [2.05, 4.69) is 6.07 Å². The van der Waals surface area contributed by atoms with Crippen LogP contribution in [0.1, 0.15) is 17.5 Å². The summed E-state index contributed by atoms with van der Waals surface area (Å²) in [5.74, 6) is 1.41. The molecule has 0 spiro atoms. The summed E-state index contributed by atoms with van der Waals surface area (Å²) in [6.07, 6.45) is 0.808. The highest BCUT2D eigenvalue weighted by atomic mass is 16.5. The molecule has 1 N–H and O–H groups in total. The van der Waals surface area contributed by atoms with Crippen LogP contribution in [0, 0.1) is 11.3 Å².